The van der Waals surface area contributed by atoms with E-state index in [-0.39, 0.29) is 17.7 Å². The van der Waals surface area contributed by atoms with E-state index in [1.54, 1.807) is 31.6 Å². The van der Waals surface area contributed by atoms with Gasteiger partial charge in [0.2, 0.25) is 5.91 Å². The number of nitrogens with one attached hydrogen (secondary N) is 2. The van der Waals surface area contributed by atoms with E-state index in [1.165, 1.54) is 0 Å². The number of halogens is 1. The van der Waals surface area contributed by atoms with E-state index < -0.39 is 0 Å². The summed E-state index contributed by atoms with van der Waals surface area (Å²) >= 11 is 6.42. The number of amides is 2. The van der Waals surface area contributed by atoms with Crippen LogP contribution in [0.3, 0.4) is 0 Å². The van der Waals surface area contributed by atoms with Crippen molar-refractivity contribution in [2.75, 3.05) is 30.4 Å². The van der Waals surface area contributed by atoms with Crippen LogP contribution in [0.4, 0.5) is 11.5 Å². The van der Waals surface area contributed by atoms with Crippen molar-refractivity contribution in [3.63, 3.8) is 0 Å². The van der Waals surface area contributed by atoms with Gasteiger partial charge in [-0.2, -0.15) is 0 Å². The molecule has 41 heavy (non-hydrogen) atoms. The number of nitrogens with zero attached hydrogens (tertiary/aromatic N) is 4. The van der Waals surface area contributed by atoms with Gasteiger partial charge in [0.15, 0.2) is 5.82 Å². The number of hydrogen-bond acceptors (Lipinski definition) is 7. The number of ether oxygens (including phenoxy) is 1. The van der Waals surface area contributed by atoms with Crippen molar-refractivity contribution in [3.8, 4) is 17.1 Å². The second-order valence-electron chi connectivity index (χ2n) is 10.5. The molecule has 6 rings (SSSR count). The van der Waals surface area contributed by atoms with Gasteiger partial charge in [0, 0.05) is 48.4 Å². The maximum Gasteiger partial charge on any atom is 0.257 e. The van der Waals surface area contributed by atoms with E-state index in [1.807, 2.05) is 30.3 Å². The van der Waals surface area contributed by atoms with Gasteiger partial charge in [-0.25, -0.2) is 9.97 Å². The molecule has 3 heterocycles. The second-order valence-corrected chi connectivity index (χ2v) is 10.9. The third-order valence-corrected chi connectivity index (χ3v) is 8.10. The van der Waals surface area contributed by atoms with E-state index in [9.17, 15) is 9.59 Å². The number of rotatable bonds is 8. The first kappa shape index (κ1) is 27.0. The molecule has 2 aromatic heterocycles. The minimum absolute atomic E-state index is 0.0725. The van der Waals surface area contributed by atoms with Crippen molar-refractivity contribution in [1.82, 2.24) is 20.3 Å². The Bertz CT molecular complexity index is 1620. The third kappa shape index (κ3) is 5.81. The Morgan fingerprint density at radius 3 is 2.61 bits per heavy atom. The summed E-state index contributed by atoms with van der Waals surface area (Å²) < 4.78 is 5.34. The average Bonchev–Trinajstić information content (AvgIpc) is 3.51. The summed E-state index contributed by atoms with van der Waals surface area (Å²) in [5, 5.41) is 7.21. The van der Waals surface area contributed by atoms with E-state index in [2.05, 4.69) is 20.5 Å². The predicted octanol–water partition coefficient (Wildman–Crippen LogP) is 5.62. The van der Waals surface area contributed by atoms with Gasteiger partial charge in [-0.05, 0) is 61.2 Å². The lowest BCUT2D eigenvalue weighted by Crippen LogP contribution is -2.37. The molecule has 0 bridgehead atoms. The summed E-state index contributed by atoms with van der Waals surface area (Å²) in [7, 11) is 1.59. The summed E-state index contributed by atoms with van der Waals surface area (Å²) in [5.74, 6) is 1.83. The highest BCUT2D eigenvalue weighted by atomic mass is 35.5. The van der Waals surface area contributed by atoms with Crippen LogP contribution in [0.1, 0.15) is 48.0 Å². The number of carbonyl (C=O) groups excluding carboxylic acids is 2. The van der Waals surface area contributed by atoms with Crippen molar-refractivity contribution in [3.05, 3.63) is 71.0 Å². The summed E-state index contributed by atoms with van der Waals surface area (Å²) in [6.07, 6.45) is 8.54. The first-order valence-corrected chi connectivity index (χ1v) is 14.3. The van der Waals surface area contributed by atoms with E-state index in [0.717, 1.165) is 67.5 Å². The maximum atomic E-state index is 13.3. The molecule has 9 nitrogen and oxygen atoms in total. The molecule has 0 spiro atoms. The van der Waals surface area contributed by atoms with Crippen molar-refractivity contribution < 1.29 is 14.3 Å². The lowest BCUT2D eigenvalue weighted by molar-refractivity contribution is -0.124. The number of fused-ring (bicyclic) bond motifs is 1. The molecule has 2 aromatic carbocycles. The zero-order valence-electron chi connectivity index (χ0n) is 22.8. The molecule has 2 amide bonds. The summed E-state index contributed by atoms with van der Waals surface area (Å²) in [5.41, 5.74) is 3.18. The molecule has 2 fully saturated rings. The second kappa shape index (κ2) is 11.7. The minimum atomic E-state index is -0.340. The van der Waals surface area contributed by atoms with Crippen LogP contribution in [0.5, 0.6) is 5.75 Å². The summed E-state index contributed by atoms with van der Waals surface area (Å²) in [6, 6.07) is 12.7. The number of anilines is 2. The molecular formula is C31H31ClN6O3. The van der Waals surface area contributed by atoms with Gasteiger partial charge < -0.3 is 20.3 Å². The highest BCUT2D eigenvalue weighted by molar-refractivity contribution is 6.34. The largest absolute Gasteiger partial charge is 0.495 e. The SMILES string of the molecule is COc1cncc(-c2nc(N3CCC3)c3ccc(NC(=O)c4cc(CNC(=O)C5CCCC5)ccc4Cl)cc3n2)c1. The maximum absolute atomic E-state index is 13.3. The van der Waals surface area contributed by atoms with E-state index >= 15 is 0 Å². The normalized spacial score (nSPS) is 15.0. The highest BCUT2D eigenvalue weighted by Crippen LogP contribution is 2.32. The van der Waals surface area contributed by atoms with Gasteiger partial charge in [0.05, 0.1) is 29.4 Å². The van der Waals surface area contributed by atoms with Gasteiger partial charge in [0.25, 0.3) is 5.91 Å². The topological polar surface area (TPSA) is 109 Å². The fourth-order valence-corrected chi connectivity index (χ4v) is 5.52. The molecule has 210 valence electrons. The van der Waals surface area contributed by atoms with Crippen molar-refractivity contribution in [2.45, 2.75) is 38.6 Å². The lowest BCUT2D eigenvalue weighted by atomic mass is 10.1. The van der Waals surface area contributed by atoms with Gasteiger partial charge in [-0.3, -0.25) is 14.6 Å². The Hall–Kier alpha value is -4.24. The standard InChI is InChI=1S/C31H31ClN6O3/c1-41-23-14-21(17-33-18-23)28-36-27-15-22(8-9-24(27)29(37-28)38-11-4-12-38)35-31(40)25-13-19(7-10-26(25)32)16-34-30(39)20-5-2-3-6-20/h7-10,13-15,17-18,20H,2-6,11-12,16H2,1H3,(H,34,39)(H,35,40). The lowest BCUT2D eigenvalue weighted by Gasteiger charge is -2.33. The van der Waals surface area contributed by atoms with Crippen molar-refractivity contribution >= 4 is 45.8 Å². The van der Waals surface area contributed by atoms with E-state index in [4.69, 9.17) is 26.3 Å². The smallest absolute Gasteiger partial charge is 0.257 e. The first-order chi connectivity index (χ1) is 20.0. The number of pyridine rings is 1. The van der Waals surface area contributed by atoms with Crippen LogP contribution in [0.2, 0.25) is 5.02 Å². The number of aromatic nitrogens is 3. The Labute approximate surface area is 243 Å². The number of carbonyl (C=O) groups is 2. The third-order valence-electron chi connectivity index (χ3n) is 7.77. The molecule has 2 aliphatic rings. The molecule has 0 atom stereocenters. The van der Waals surface area contributed by atoms with Crippen LogP contribution in [0, 0.1) is 5.92 Å². The highest BCUT2D eigenvalue weighted by Gasteiger charge is 2.23. The van der Waals surface area contributed by atoms with Crippen LogP contribution in [-0.2, 0) is 11.3 Å². The summed E-state index contributed by atoms with van der Waals surface area (Å²) in [4.78, 5) is 41.9. The Morgan fingerprint density at radius 1 is 1.02 bits per heavy atom. The number of hydrogen-bond donors (Lipinski definition) is 2. The molecule has 1 aliphatic carbocycles. The van der Waals surface area contributed by atoms with Gasteiger partial charge in [-0.1, -0.05) is 30.5 Å². The minimum Gasteiger partial charge on any atom is -0.495 e. The van der Waals surface area contributed by atoms with Crippen LogP contribution in [0.25, 0.3) is 22.3 Å². The molecule has 1 aliphatic heterocycles. The first-order valence-electron chi connectivity index (χ1n) is 13.9. The van der Waals surface area contributed by atoms with Gasteiger partial charge >= 0.3 is 0 Å². The van der Waals surface area contributed by atoms with E-state index in [0.29, 0.717) is 39.9 Å². The van der Waals surface area contributed by atoms with Gasteiger partial charge in [0.1, 0.15) is 11.6 Å². The van der Waals surface area contributed by atoms with Crippen molar-refractivity contribution in [1.29, 1.82) is 0 Å². The predicted molar refractivity (Wildman–Crippen MR) is 159 cm³/mol. The molecule has 2 N–H and O–H groups in total. The molecule has 0 radical (unpaired) electrons. The Balaban J connectivity index is 1.25. The monoisotopic (exact) mass is 570 g/mol. The van der Waals surface area contributed by atoms with Crippen molar-refractivity contribution in [2.24, 2.45) is 5.92 Å². The Morgan fingerprint density at radius 2 is 1.85 bits per heavy atom. The molecule has 1 saturated carbocycles. The number of benzene rings is 2. The zero-order chi connectivity index (χ0) is 28.3. The fraction of sp³-hybridized carbons (Fsp3) is 0.323. The molecule has 4 aromatic rings. The quantitative estimate of drug-likeness (QED) is 0.283. The molecular weight excluding hydrogens is 540 g/mol. The van der Waals surface area contributed by atoms with Crippen LogP contribution >= 0.6 is 11.6 Å². The molecule has 0 unspecified atom stereocenters. The Kier molecular flexibility index (Phi) is 7.69. The van der Waals surface area contributed by atoms with Crippen LogP contribution < -0.4 is 20.3 Å². The fourth-order valence-electron chi connectivity index (χ4n) is 5.32. The van der Waals surface area contributed by atoms with Gasteiger partial charge in [-0.15, -0.1) is 0 Å². The summed E-state index contributed by atoms with van der Waals surface area (Å²) in [6.45, 7) is 2.20. The average molecular weight is 571 g/mol. The van der Waals surface area contributed by atoms with Crippen LogP contribution in [0.15, 0.2) is 54.9 Å². The number of methoxy groups -OCH3 is 1. The molecule has 10 heteroatoms. The molecule has 1 saturated heterocycles. The zero-order valence-corrected chi connectivity index (χ0v) is 23.6. The van der Waals surface area contributed by atoms with Crippen LogP contribution in [-0.4, -0.2) is 47.0 Å².